The van der Waals surface area contributed by atoms with Crippen molar-refractivity contribution >= 4 is 5.96 Å². The van der Waals surface area contributed by atoms with E-state index in [0.717, 1.165) is 19.0 Å². The minimum Gasteiger partial charge on any atom is -0.355 e. The largest absolute Gasteiger partial charge is 0.355 e. The fourth-order valence-electron chi connectivity index (χ4n) is 2.55. The molecule has 1 aromatic rings. The molecule has 1 aromatic carbocycles. The van der Waals surface area contributed by atoms with Gasteiger partial charge in [0.05, 0.1) is 6.54 Å². The van der Waals surface area contributed by atoms with Crippen molar-refractivity contribution in [3.05, 3.63) is 35.9 Å². The van der Waals surface area contributed by atoms with Gasteiger partial charge in [-0.15, -0.1) is 0 Å². The lowest BCUT2D eigenvalue weighted by molar-refractivity contribution is 0.308. The number of benzene rings is 1. The summed E-state index contributed by atoms with van der Waals surface area (Å²) < 4.78 is 0. The predicted octanol–water partition coefficient (Wildman–Crippen LogP) is 1.79. The number of hydrogen-bond donors (Lipinski definition) is 1. The molecular weight excluding hydrogens is 248 g/mol. The van der Waals surface area contributed by atoms with Crippen molar-refractivity contribution in [3.63, 3.8) is 0 Å². The minimum atomic E-state index is 0.636. The SMILES string of the molecule is CN(C)C(=NCc1ccccc1)NCC1CCCN1C. The number of nitrogens with zero attached hydrogens (tertiary/aromatic N) is 3. The van der Waals surface area contributed by atoms with Crippen LogP contribution < -0.4 is 5.32 Å². The summed E-state index contributed by atoms with van der Waals surface area (Å²) in [5.41, 5.74) is 1.24. The summed E-state index contributed by atoms with van der Waals surface area (Å²) in [6.07, 6.45) is 2.59. The maximum absolute atomic E-state index is 4.69. The number of nitrogens with one attached hydrogen (secondary N) is 1. The fourth-order valence-corrected chi connectivity index (χ4v) is 2.55. The molecule has 110 valence electrons. The molecule has 1 fully saturated rings. The van der Waals surface area contributed by atoms with Gasteiger partial charge in [-0.05, 0) is 32.0 Å². The van der Waals surface area contributed by atoms with Gasteiger partial charge in [-0.2, -0.15) is 0 Å². The monoisotopic (exact) mass is 274 g/mol. The van der Waals surface area contributed by atoms with Crippen LogP contribution in [0.3, 0.4) is 0 Å². The summed E-state index contributed by atoms with van der Waals surface area (Å²) in [5, 5.41) is 3.50. The van der Waals surface area contributed by atoms with Crippen LogP contribution in [0.5, 0.6) is 0 Å². The summed E-state index contributed by atoms with van der Waals surface area (Å²) in [5.74, 6) is 0.967. The van der Waals surface area contributed by atoms with Gasteiger partial charge in [0.1, 0.15) is 0 Å². The maximum Gasteiger partial charge on any atom is 0.193 e. The first-order valence-electron chi connectivity index (χ1n) is 7.36. The highest BCUT2D eigenvalue weighted by Gasteiger charge is 2.20. The summed E-state index contributed by atoms with van der Waals surface area (Å²) in [6.45, 7) is 2.91. The lowest BCUT2D eigenvalue weighted by atomic mass is 10.2. The molecule has 2 rings (SSSR count). The molecule has 1 N–H and O–H groups in total. The Kier molecular flexibility index (Phi) is 5.41. The molecule has 1 atom stereocenters. The second kappa shape index (κ2) is 7.29. The van der Waals surface area contributed by atoms with E-state index in [-0.39, 0.29) is 0 Å². The van der Waals surface area contributed by atoms with Gasteiger partial charge < -0.3 is 15.1 Å². The number of aliphatic imine (C=N–C) groups is 1. The van der Waals surface area contributed by atoms with E-state index in [2.05, 4.69) is 46.4 Å². The first kappa shape index (κ1) is 14.9. The first-order chi connectivity index (χ1) is 9.66. The molecular formula is C16H26N4. The van der Waals surface area contributed by atoms with Crippen LogP contribution in [0.2, 0.25) is 0 Å². The van der Waals surface area contributed by atoms with Crippen LogP contribution in [0.25, 0.3) is 0 Å². The Morgan fingerprint density at radius 2 is 2.10 bits per heavy atom. The highest BCUT2D eigenvalue weighted by atomic mass is 15.3. The van der Waals surface area contributed by atoms with Gasteiger partial charge in [-0.1, -0.05) is 30.3 Å². The molecule has 20 heavy (non-hydrogen) atoms. The first-order valence-corrected chi connectivity index (χ1v) is 7.36. The van der Waals surface area contributed by atoms with Crippen LogP contribution in [-0.4, -0.2) is 56.0 Å². The van der Waals surface area contributed by atoms with Gasteiger partial charge in [0.25, 0.3) is 0 Å². The molecule has 0 aromatic heterocycles. The highest BCUT2D eigenvalue weighted by molar-refractivity contribution is 5.79. The molecule has 1 aliphatic rings. The lowest BCUT2D eigenvalue weighted by Gasteiger charge is -2.23. The summed E-state index contributed by atoms with van der Waals surface area (Å²) in [6, 6.07) is 11.0. The Hall–Kier alpha value is -1.55. The third-order valence-electron chi connectivity index (χ3n) is 3.85. The van der Waals surface area contributed by atoms with Gasteiger partial charge in [-0.25, -0.2) is 4.99 Å². The number of hydrogen-bond acceptors (Lipinski definition) is 2. The Labute approximate surface area is 122 Å². The van der Waals surface area contributed by atoms with Crippen LogP contribution in [-0.2, 0) is 6.54 Å². The number of likely N-dealkylation sites (N-methyl/N-ethyl adjacent to an activating group) is 1. The summed E-state index contributed by atoms with van der Waals surface area (Å²) in [4.78, 5) is 9.17. The van der Waals surface area contributed by atoms with Gasteiger partial charge >= 0.3 is 0 Å². The molecule has 1 aliphatic heterocycles. The second-order valence-electron chi connectivity index (χ2n) is 5.68. The predicted molar refractivity (Wildman–Crippen MR) is 84.9 cm³/mol. The minimum absolute atomic E-state index is 0.636. The third-order valence-corrected chi connectivity index (χ3v) is 3.85. The van der Waals surface area contributed by atoms with Crippen molar-refractivity contribution in [1.82, 2.24) is 15.1 Å². The molecule has 0 saturated carbocycles. The Balaban J connectivity index is 1.89. The van der Waals surface area contributed by atoms with Gasteiger partial charge in [-0.3, -0.25) is 0 Å². The highest BCUT2D eigenvalue weighted by Crippen LogP contribution is 2.13. The van der Waals surface area contributed by atoms with E-state index in [0.29, 0.717) is 6.04 Å². The second-order valence-corrected chi connectivity index (χ2v) is 5.68. The number of rotatable bonds is 4. The zero-order chi connectivity index (χ0) is 14.4. The summed E-state index contributed by atoms with van der Waals surface area (Å²) >= 11 is 0. The average molecular weight is 274 g/mol. The van der Waals surface area contributed by atoms with Gasteiger partial charge in [0.15, 0.2) is 5.96 Å². The zero-order valence-electron chi connectivity index (χ0n) is 12.8. The Bertz CT molecular complexity index is 427. The van der Waals surface area contributed by atoms with Crippen molar-refractivity contribution in [3.8, 4) is 0 Å². The van der Waals surface area contributed by atoms with E-state index >= 15 is 0 Å². The zero-order valence-corrected chi connectivity index (χ0v) is 12.8. The lowest BCUT2D eigenvalue weighted by Crippen LogP contribution is -2.43. The summed E-state index contributed by atoms with van der Waals surface area (Å²) in [7, 11) is 6.28. The van der Waals surface area contributed by atoms with Crippen LogP contribution in [0, 0.1) is 0 Å². The molecule has 0 amide bonds. The molecule has 4 nitrogen and oxygen atoms in total. The smallest absolute Gasteiger partial charge is 0.193 e. The van der Waals surface area contributed by atoms with Crippen molar-refractivity contribution in [1.29, 1.82) is 0 Å². The van der Waals surface area contributed by atoms with E-state index in [1.807, 2.05) is 20.2 Å². The normalized spacial score (nSPS) is 20.1. The fraction of sp³-hybridized carbons (Fsp3) is 0.562. The van der Waals surface area contributed by atoms with Crippen molar-refractivity contribution in [2.75, 3.05) is 34.2 Å². The molecule has 0 spiro atoms. The van der Waals surface area contributed by atoms with Crippen molar-refractivity contribution in [2.45, 2.75) is 25.4 Å². The van der Waals surface area contributed by atoms with Crippen LogP contribution in [0.15, 0.2) is 35.3 Å². The third kappa shape index (κ3) is 4.23. The molecule has 1 heterocycles. The number of likely N-dealkylation sites (tertiary alicyclic amines) is 1. The molecule has 0 aliphatic carbocycles. The molecule has 4 heteroatoms. The van der Waals surface area contributed by atoms with Gasteiger partial charge in [0, 0.05) is 26.7 Å². The molecule has 0 radical (unpaired) electrons. The van der Waals surface area contributed by atoms with Crippen LogP contribution in [0.4, 0.5) is 0 Å². The van der Waals surface area contributed by atoms with Gasteiger partial charge in [0.2, 0.25) is 0 Å². The molecule has 0 bridgehead atoms. The van der Waals surface area contributed by atoms with E-state index in [9.17, 15) is 0 Å². The topological polar surface area (TPSA) is 30.9 Å². The quantitative estimate of drug-likeness (QED) is 0.671. The maximum atomic E-state index is 4.69. The number of guanidine groups is 1. The molecule has 1 unspecified atom stereocenters. The van der Waals surface area contributed by atoms with Crippen molar-refractivity contribution < 1.29 is 0 Å². The Morgan fingerprint density at radius 1 is 1.35 bits per heavy atom. The standard InChI is InChI=1S/C16H26N4/c1-19(2)16(17-12-14-8-5-4-6-9-14)18-13-15-10-7-11-20(15)3/h4-6,8-9,15H,7,10-13H2,1-3H3,(H,17,18). The van der Waals surface area contributed by atoms with E-state index < -0.39 is 0 Å². The van der Waals surface area contributed by atoms with Crippen LogP contribution >= 0.6 is 0 Å². The Morgan fingerprint density at radius 3 is 2.70 bits per heavy atom. The van der Waals surface area contributed by atoms with E-state index in [1.165, 1.54) is 24.9 Å². The van der Waals surface area contributed by atoms with E-state index in [4.69, 9.17) is 4.99 Å². The van der Waals surface area contributed by atoms with E-state index in [1.54, 1.807) is 0 Å². The van der Waals surface area contributed by atoms with Crippen LogP contribution in [0.1, 0.15) is 18.4 Å². The average Bonchev–Trinajstić information content (AvgIpc) is 2.85. The van der Waals surface area contributed by atoms with Crippen molar-refractivity contribution in [2.24, 2.45) is 4.99 Å². The molecule has 1 saturated heterocycles.